The summed E-state index contributed by atoms with van der Waals surface area (Å²) in [5.74, 6) is 0.0344. The summed E-state index contributed by atoms with van der Waals surface area (Å²) in [4.78, 5) is 12.3. The number of aryl methyl sites for hydroxylation is 1. The van der Waals surface area contributed by atoms with Crippen molar-refractivity contribution in [2.24, 2.45) is 5.41 Å². The van der Waals surface area contributed by atoms with E-state index in [1.165, 1.54) is 5.56 Å². The van der Waals surface area contributed by atoms with Gasteiger partial charge in [0, 0.05) is 17.1 Å². The fraction of sp³-hybridized carbons (Fsp3) is 0.562. The van der Waals surface area contributed by atoms with E-state index in [0.29, 0.717) is 0 Å². The van der Waals surface area contributed by atoms with Crippen LogP contribution in [0.2, 0.25) is 0 Å². The van der Waals surface area contributed by atoms with Gasteiger partial charge in [0.1, 0.15) is 0 Å². The Hall–Kier alpha value is -1.39. The van der Waals surface area contributed by atoms with Gasteiger partial charge >= 0.3 is 0 Å². The summed E-state index contributed by atoms with van der Waals surface area (Å²) >= 11 is 0. The zero-order valence-electron chi connectivity index (χ0n) is 12.0. The molecule has 3 unspecified atom stereocenters. The number of aliphatic hydroxyl groups is 1. The Morgan fingerprint density at radius 2 is 2.10 bits per heavy atom. The van der Waals surface area contributed by atoms with Gasteiger partial charge in [-0.05, 0) is 30.9 Å². The Morgan fingerprint density at radius 3 is 2.80 bits per heavy atom. The van der Waals surface area contributed by atoms with E-state index in [0.717, 1.165) is 24.9 Å². The lowest BCUT2D eigenvalue weighted by Crippen LogP contribution is -2.63. The number of benzene rings is 1. The third-order valence-corrected chi connectivity index (χ3v) is 4.91. The molecule has 1 amide bonds. The van der Waals surface area contributed by atoms with Crippen molar-refractivity contribution in [2.75, 3.05) is 5.32 Å². The Kier molecular flexibility index (Phi) is 3.30. The molecular formula is C16H22N2O2. The average molecular weight is 274 g/mol. The van der Waals surface area contributed by atoms with E-state index in [4.69, 9.17) is 0 Å². The number of aliphatic hydroxyl groups excluding tert-OH is 1. The molecule has 1 aromatic carbocycles. The van der Waals surface area contributed by atoms with Crippen LogP contribution in [0.4, 0.5) is 5.69 Å². The number of anilines is 1. The Labute approximate surface area is 119 Å². The van der Waals surface area contributed by atoms with Gasteiger partial charge in [0.15, 0.2) is 0 Å². The standard InChI is InChI=1S/C16H22N2O2/c1-16(2)13(9-14(16)19)17-12-8-7-10-5-3-4-6-11(10)18-15(12)20/h3-6,12-14,17,19H,7-9H2,1-2H3,(H,18,20). The molecule has 0 saturated heterocycles. The lowest BCUT2D eigenvalue weighted by Gasteiger charge is -2.50. The maximum Gasteiger partial charge on any atom is 0.241 e. The summed E-state index contributed by atoms with van der Waals surface area (Å²) in [7, 11) is 0. The average Bonchev–Trinajstić information content (AvgIpc) is 2.58. The zero-order chi connectivity index (χ0) is 14.3. The molecular weight excluding hydrogens is 252 g/mol. The van der Waals surface area contributed by atoms with E-state index >= 15 is 0 Å². The van der Waals surface area contributed by atoms with Crippen molar-refractivity contribution in [3.8, 4) is 0 Å². The van der Waals surface area contributed by atoms with Crippen molar-refractivity contribution >= 4 is 11.6 Å². The Morgan fingerprint density at radius 1 is 1.35 bits per heavy atom. The van der Waals surface area contributed by atoms with Crippen LogP contribution in [0.15, 0.2) is 24.3 Å². The molecule has 0 bridgehead atoms. The van der Waals surface area contributed by atoms with Crippen molar-refractivity contribution in [3.05, 3.63) is 29.8 Å². The maximum absolute atomic E-state index is 12.3. The summed E-state index contributed by atoms with van der Waals surface area (Å²) in [6, 6.07) is 7.98. The van der Waals surface area contributed by atoms with Crippen LogP contribution < -0.4 is 10.6 Å². The van der Waals surface area contributed by atoms with Crippen LogP contribution in [0, 0.1) is 5.41 Å². The number of para-hydroxylation sites is 1. The number of hydrogen-bond donors (Lipinski definition) is 3. The zero-order valence-corrected chi connectivity index (χ0v) is 12.0. The molecule has 0 aromatic heterocycles. The summed E-state index contributed by atoms with van der Waals surface area (Å²) < 4.78 is 0. The van der Waals surface area contributed by atoms with Gasteiger partial charge in [0.2, 0.25) is 5.91 Å². The third kappa shape index (κ3) is 2.23. The minimum atomic E-state index is -0.272. The highest BCUT2D eigenvalue weighted by Gasteiger charge is 2.48. The quantitative estimate of drug-likeness (QED) is 0.769. The van der Waals surface area contributed by atoms with Gasteiger partial charge in [0.25, 0.3) is 0 Å². The largest absolute Gasteiger partial charge is 0.392 e. The SMILES string of the molecule is CC1(C)C(O)CC1NC1CCc2ccccc2NC1=O. The van der Waals surface area contributed by atoms with Crippen LogP contribution >= 0.6 is 0 Å². The smallest absolute Gasteiger partial charge is 0.241 e. The molecule has 1 fully saturated rings. The normalized spacial score (nSPS) is 31.8. The first-order valence-corrected chi connectivity index (χ1v) is 7.31. The van der Waals surface area contributed by atoms with Gasteiger partial charge in [-0.25, -0.2) is 0 Å². The lowest BCUT2D eigenvalue weighted by molar-refractivity contribution is -0.121. The van der Waals surface area contributed by atoms with Crippen LogP contribution in [0.25, 0.3) is 0 Å². The molecule has 2 aliphatic rings. The van der Waals surface area contributed by atoms with Gasteiger partial charge in [-0.1, -0.05) is 32.0 Å². The highest BCUT2D eigenvalue weighted by molar-refractivity contribution is 5.96. The fourth-order valence-electron chi connectivity index (χ4n) is 3.10. The van der Waals surface area contributed by atoms with E-state index in [1.807, 2.05) is 32.0 Å². The molecule has 1 heterocycles. The minimum absolute atomic E-state index is 0.0344. The number of nitrogens with one attached hydrogen (secondary N) is 2. The number of carbonyl (C=O) groups excluding carboxylic acids is 1. The number of amides is 1. The summed E-state index contributed by atoms with van der Waals surface area (Å²) in [5.41, 5.74) is 1.96. The van der Waals surface area contributed by atoms with Crippen molar-refractivity contribution in [1.29, 1.82) is 0 Å². The maximum atomic E-state index is 12.3. The number of carbonyl (C=O) groups is 1. The molecule has 108 valence electrons. The second-order valence-corrected chi connectivity index (χ2v) is 6.53. The predicted octanol–water partition coefficient (Wildman–Crippen LogP) is 1.69. The second kappa shape index (κ2) is 4.86. The van der Waals surface area contributed by atoms with Crippen LogP contribution in [-0.4, -0.2) is 29.2 Å². The van der Waals surface area contributed by atoms with Crippen LogP contribution in [0.3, 0.4) is 0 Å². The van der Waals surface area contributed by atoms with E-state index in [-0.39, 0.29) is 29.5 Å². The fourth-order valence-corrected chi connectivity index (χ4v) is 3.10. The highest BCUT2D eigenvalue weighted by Crippen LogP contribution is 2.41. The van der Waals surface area contributed by atoms with Crippen LogP contribution in [0.1, 0.15) is 32.3 Å². The van der Waals surface area contributed by atoms with E-state index < -0.39 is 0 Å². The van der Waals surface area contributed by atoms with Crippen molar-refractivity contribution in [3.63, 3.8) is 0 Å². The number of rotatable bonds is 2. The van der Waals surface area contributed by atoms with Gasteiger partial charge in [-0.15, -0.1) is 0 Å². The highest BCUT2D eigenvalue weighted by atomic mass is 16.3. The monoisotopic (exact) mass is 274 g/mol. The molecule has 1 aliphatic carbocycles. The molecule has 4 heteroatoms. The van der Waals surface area contributed by atoms with Gasteiger partial charge in [0.05, 0.1) is 12.1 Å². The molecule has 1 aliphatic heterocycles. The van der Waals surface area contributed by atoms with Gasteiger partial charge in [-0.3, -0.25) is 4.79 Å². The van der Waals surface area contributed by atoms with E-state index in [1.54, 1.807) is 0 Å². The number of hydrogen-bond acceptors (Lipinski definition) is 3. The van der Waals surface area contributed by atoms with Crippen LogP contribution in [-0.2, 0) is 11.2 Å². The number of fused-ring (bicyclic) bond motifs is 1. The van der Waals surface area contributed by atoms with Crippen LogP contribution in [0.5, 0.6) is 0 Å². The first-order chi connectivity index (χ1) is 9.48. The lowest BCUT2D eigenvalue weighted by atomic mass is 9.64. The third-order valence-electron chi connectivity index (χ3n) is 4.91. The summed E-state index contributed by atoms with van der Waals surface area (Å²) in [6.07, 6.45) is 2.14. The minimum Gasteiger partial charge on any atom is -0.392 e. The Bertz CT molecular complexity index is 527. The van der Waals surface area contributed by atoms with Crippen molar-refractivity contribution in [1.82, 2.24) is 5.32 Å². The first kappa shape index (κ1) is 13.6. The molecule has 1 aromatic rings. The van der Waals surface area contributed by atoms with E-state index in [9.17, 15) is 9.90 Å². The summed E-state index contributed by atoms with van der Waals surface area (Å²) in [6.45, 7) is 4.09. The molecule has 3 N–H and O–H groups in total. The molecule has 0 spiro atoms. The molecule has 1 saturated carbocycles. The molecule has 0 radical (unpaired) electrons. The van der Waals surface area contributed by atoms with Crippen molar-refractivity contribution < 1.29 is 9.90 Å². The summed E-state index contributed by atoms with van der Waals surface area (Å²) in [5, 5.41) is 16.2. The second-order valence-electron chi connectivity index (χ2n) is 6.53. The molecule has 4 nitrogen and oxygen atoms in total. The topological polar surface area (TPSA) is 61.4 Å². The first-order valence-electron chi connectivity index (χ1n) is 7.31. The van der Waals surface area contributed by atoms with Gasteiger partial charge in [-0.2, -0.15) is 0 Å². The Balaban J connectivity index is 1.70. The van der Waals surface area contributed by atoms with Gasteiger partial charge < -0.3 is 15.7 Å². The van der Waals surface area contributed by atoms with E-state index in [2.05, 4.69) is 16.7 Å². The molecule has 3 atom stereocenters. The molecule has 20 heavy (non-hydrogen) atoms. The van der Waals surface area contributed by atoms with Crippen molar-refractivity contribution in [2.45, 2.75) is 51.3 Å². The molecule has 3 rings (SSSR count). The predicted molar refractivity (Wildman–Crippen MR) is 78.5 cm³/mol.